The molecule has 4 rings (SSSR count). The predicted octanol–water partition coefficient (Wildman–Crippen LogP) is 5.63. The van der Waals surface area contributed by atoms with Crippen molar-refractivity contribution in [3.8, 4) is 22.8 Å². The fourth-order valence-electron chi connectivity index (χ4n) is 3.25. The molecule has 1 fully saturated rings. The molecule has 0 saturated carbocycles. The molecule has 34 heavy (non-hydrogen) atoms. The van der Waals surface area contributed by atoms with E-state index in [2.05, 4.69) is 0 Å². The second-order valence-electron chi connectivity index (χ2n) is 6.95. The number of furan rings is 1. The van der Waals surface area contributed by atoms with E-state index in [1.54, 1.807) is 36.4 Å². The van der Waals surface area contributed by atoms with Crippen molar-refractivity contribution in [2.75, 3.05) is 20.3 Å². The fraction of sp³-hybridized carbons (Fsp3) is 0.130. The van der Waals surface area contributed by atoms with Crippen LogP contribution in [0.1, 0.15) is 5.76 Å². The Morgan fingerprint density at radius 1 is 1.15 bits per heavy atom. The lowest BCUT2D eigenvalue weighted by Crippen LogP contribution is -2.32. The summed E-state index contributed by atoms with van der Waals surface area (Å²) in [5.74, 6) is 1.08. The summed E-state index contributed by atoms with van der Waals surface area (Å²) in [6.07, 6.45) is 1.43. The van der Waals surface area contributed by atoms with E-state index in [4.69, 9.17) is 25.5 Å². The Bertz CT molecular complexity index is 1300. The van der Waals surface area contributed by atoms with Crippen molar-refractivity contribution >= 4 is 46.3 Å². The average Bonchev–Trinajstić information content (AvgIpc) is 3.39. The zero-order chi connectivity index (χ0) is 24.2. The number of nitro groups is 1. The van der Waals surface area contributed by atoms with Crippen molar-refractivity contribution < 1.29 is 28.4 Å². The van der Waals surface area contributed by atoms with Crippen LogP contribution in [-0.2, 0) is 4.79 Å². The number of carbonyl (C=O) groups excluding carboxylic acids is 2. The van der Waals surface area contributed by atoms with Gasteiger partial charge in [0.05, 0.1) is 29.0 Å². The van der Waals surface area contributed by atoms with Crippen LogP contribution >= 0.6 is 23.4 Å². The molecule has 1 aromatic heterocycles. The molecule has 2 aromatic carbocycles. The van der Waals surface area contributed by atoms with Crippen LogP contribution in [0.2, 0.25) is 5.02 Å². The zero-order valence-corrected chi connectivity index (χ0v) is 19.3. The molecule has 11 heteroatoms. The van der Waals surface area contributed by atoms with Crippen molar-refractivity contribution in [2.45, 2.75) is 0 Å². The molecule has 2 heterocycles. The Hall–Kier alpha value is -3.76. The van der Waals surface area contributed by atoms with Crippen LogP contribution in [0, 0.1) is 10.1 Å². The highest BCUT2D eigenvalue weighted by molar-refractivity contribution is 8.18. The van der Waals surface area contributed by atoms with Gasteiger partial charge in [-0.1, -0.05) is 23.7 Å². The molecule has 1 aliphatic rings. The number of nitrogens with zero attached hydrogens (tertiary/aromatic N) is 2. The lowest BCUT2D eigenvalue weighted by Gasteiger charge is -2.14. The monoisotopic (exact) mass is 500 g/mol. The number of rotatable bonds is 8. The van der Waals surface area contributed by atoms with Gasteiger partial charge in [-0.05, 0) is 48.2 Å². The summed E-state index contributed by atoms with van der Waals surface area (Å²) in [7, 11) is 1.52. The number of thioether (sulfide) groups is 1. The highest BCUT2D eigenvalue weighted by Crippen LogP contribution is 2.36. The number of hydrogen-bond donors (Lipinski definition) is 0. The van der Waals surface area contributed by atoms with Gasteiger partial charge in [0, 0.05) is 17.2 Å². The molecule has 0 atom stereocenters. The maximum atomic E-state index is 12.7. The van der Waals surface area contributed by atoms with Crippen LogP contribution in [0.5, 0.6) is 11.5 Å². The van der Waals surface area contributed by atoms with E-state index < -0.39 is 16.1 Å². The summed E-state index contributed by atoms with van der Waals surface area (Å²) in [4.78, 5) is 37.1. The second-order valence-corrected chi connectivity index (χ2v) is 8.38. The SMILES string of the molecule is COc1ccccc1OCCN1C(=O)S/C(=C\c2ccc(-c3ccc(Cl)cc3[N+](=O)[O-])o2)C1=O. The molecule has 3 aromatic rings. The smallest absolute Gasteiger partial charge is 0.293 e. The first-order valence-electron chi connectivity index (χ1n) is 9.92. The van der Waals surface area contributed by atoms with E-state index in [-0.39, 0.29) is 45.9 Å². The number of methoxy groups -OCH3 is 1. The topological polar surface area (TPSA) is 112 Å². The standard InChI is InChI=1S/C23H17ClN2O7S/c1-31-19-4-2-3-5-20(19)32-11-10-25-22(27)21(34-23(25)28)13-15-7-9-18(33-15)16-8-6-14(24)12-17(16)26(29)30/h2-9,12-13H,10-11H2,1H3/b21-13-. The molecule has 174 valence electrons. The van der Waals surface area contributed by atoms with Crippen molar-refractivity contribution in [2.24, 2.45) is 0 Å². The van der Waals surface area contributed by atoms with Gasteiger partial charge in [-0.3, -0.25) is 24.6 Å². The number of amides is 2. The molecule has 0 spiro atoms. The number of imide groups is 1. The summed E-state index contributed by atoms with van der Waals surface area (Å²) < 4.78 is 16.6. The average molecular weight is 501 g/mol. The van der Waals surface area contributed by atoms with E-state index >= 15 is 0 Å². The van der Waals surface area contributed by atoms with Gasteiger partial charge in [0.25, 0.3) is 16.8 Å². The van der Waals surface area contributed by atoms with Crippen LogP contribution in [0.25, 0.3) is 17.4 Å². The molecule has 1 saturated heterocycles. The maximum absolute atomic E-state index is 12.7. The normalized spacial score (nSPS) is 14.6. The Balaban J connectivity index is 1.46. The Morgan fingerprint density at radius 3 is 2.65 bits per heavy atom. The highest BCUT2D eigenvalue weighted by atomic mass is 35.5. The van der Waals surface area contributed by atoms with Crippen molar-refractivity contribution in [3.05, 3.63) is 80.4 Å². The third-order valence-electron chi connectivity index (χ3n) is 4.84. The molecule has 1 aliphatic heterocycles. The number of para-hydroxylation sites is 2. The lowest BCUT2D eigenvalue weighted by molar-refractivity contribution is -0.384. The van der Waals surface area contributed by atoms with E-state index in [1.807, 2.05) is 0 Å². The number of nitro benzene ring substituents is 1. The van der Waals surface area contributed by atoms with Gasteiger partial charge in [-0.2, -0.15) is 0 Å². The minimum absolute atomic E-state index is 0.0560. The second kappa shape index (κ2) is 10.0. The van der Waals surface area contributed by atoms with Crippen molar-refractivity contribution in [3.63, 3.8) is 0 Å². The number of carbonyl (C=O) groups is 2. The van der Waals surface area contributed by atoms with Gasteiger partial charge in [0.2, 0.25) is 0 Å². The first-order valence-corrected chi connectivity index (χ1v) is 11.1. The van der Waals surface area contributed by atoms with Gasteiger partial charge in [0.15, 0.2) is 11.5 Å². The molecule has 2 amide bonds. The quantitative estimate of drug-likeness (QED) is 0.222. The minimum atomic E-state index is -0.554. The first kappa shape index (κ1) is 23.4. The van der Waals surface area contributed by atoms with Gasteiger partial charge in [-0.15, -0.1) is 0 Å². The van der Waals surface area contributed by atoms with Gasteiger partial charge < -0.3 is 13.9 Å². The molecule has 9 nitrogen and oxygen atoms in total. The molecule has 0 radical (unpaired) electrons. The van der Waals surface area contributed by atoms with Crippen LogP contribution in [0.3, 0.4) is 0 Å². The first-order chi connectivity index (χ1) is 16.4. The molecule has 0 bridgehead atoms. The summed E-state index contributed by atoms with van der Waals surface area (Å²) in [6.45, 7) is 0.150. The third-order valence-corrected chi connectivity index (χ3v) is 5.98. The van der Waals surface area contributed by atoms with E-state index in [9.17, 15) is 19.7 Å². The van der Waals surface area contributed by atoms with Gasteiger partial charge >= 0.3 is 0 Å². The van der Waals surface area contributed by atoms with E-state index in [0.29, 0.717) is 11.5 Å². The Morgan fingerprint density at radius 2 is 1.91 bits per heavy atom. The molecule has 0 unspecified atom stereocenters. The van der Waals surface area contributed by atoms with E-state index in [1.165, 1.54) is 31.4 Å². The summed E-state index contributed by atoms with van der Waals surface area (Å²) >= 11 is 6.64. The van der Waals surface area contributed by atoms with Crippen molar-refractivity contribution in [1.29, 1.82) is 0 Å². The maximum Gasteiger partial charge on any atom is 0.293 e. The molecular formula is C23H17ClN2O7S. The summed E-state index contributed by atoms with van der Waals surface area (Å²) in [5.41, 5.74) is 0.0411. The summed E-state index contributed by atoms with van der Waals surface area (Å²) in [6, 6.07) is 14.4. The minimum Gasteiger partial charge on any atom is -0.493 e. The van der Waals surface area contributed by atoms with Crippen LogP contribution in [-0.4, -0.2) is 41.2 Å². The van der Waals surface area contributed by atoms with Gasteiger partial charge in [-0.25, -0.2) is 0 Å². The number of ether oxygens (including phenoxy) is 2. The zero-order valence-electron chi connectivity index (χ0n) is 17.7. The predicted molar refractivity (Wildman–Crippen MR) is 127 cm³/mol. The summed E-state index contributed by atoms with van der Waals surface area (Å²) in [5, 5.41) is 11.1. The largest absolute Gasteiger partial charge is 0.493 e. The Labute approximate surface area is 203 Å². The van der Waals surface area contributed by atoms with Crippen LogP contribution in [0.4, 0.5) is 10.5 Å². The fourth-order valence-corrected chi connectivity index (χ4v) is 4.26. The molecule has 0 N–H and O–H groups in total. The Kier molecular flexibility index (Phi) is 6.90. The highest BCUT2D eigenvalue weighted by Gasteiger charge is 2.35. The van der Waals surface area contributed by atoms with Crippen LogP contribution in [0.15, 0.2) is 63.9 Å². The molecular weight excluding hydrogens is 484 g/mol. The molecule has 0 aliphatic carbocycles. The lowest BCUT2D eigenvalue weighted by atomic mass is 10.1. The van der Waals surface area contributed by atoms with Crippen LogP contribution < -0.4 is 9.47 Å². The number of hydrogen-bond acceptors (Lipinski definition) is 8. The number of benzene rings is 2. The van der Waals surface area contributed by atoms with Crippen molar-refractivity contribution in [1.82, 2.24) is 4.90 Å². The number of halogens is 1. The van der Waals surface area contributed by atoms with E-state index in [0.717, 1.165) is 16.7 Å². The third kappa shape index (κ3) is 4.92. The van der Waals surface area contributed by atoms with Gasteiger partial charge in [0.1, 0.15) is 18.1 Å².